The monoisotopic (exact) mass is 513 g/mol. The fourth-order valence-electron chi connectivity index (χ4n) is 4.86. The molecular formula is C27H23N5O4S. The average Bonchev–Trinajstić information content (AvgIpc) is 2.87. The first-order valence-corrected chi connectivity index (χ1v) is 13.2. The largest absolute Gasteiger partial charge is 0.466 e. The highest BCUT2D eigenvalue weighted by Gasteiger charge is 2.33. The van der Waals surface area contributed by atoms with E-state index in [1.807, 2.05) is 44.2 Å². The lowest BCUT2D eigenvalue weighted by molar-refractivity contribution is 0.0580. The Morgan fingerprint density at radius 3 is 2.59 bits per heavy atom. The zero-order valence-corrected chi connectivity index (χ0v) is 21.0. The van der Waals surface area contributed by atoms with Crippen molar-refractivity contribution in [1.82, 2.24) is 19.9 Å². The van der Waals surface area contributed by atoms with E-state index in [9.17, 15) is 13.2 Å². The van der Waals surface area contributed by atoms with Crippen molar-refractivity contribution in [1.29, 1.82) is 0 Å². The normalized spacial score (nSPS) is 17.8. The molecule has 2 aromatic heterocycles. The van der Waals surface area contributed by atoms with Crippen LogP contribution in [0.3, 0.4) is 0 Å². The maximum absolute atomic E-state index is 13.5. The number of fused-ring (bicyclic) bond motifs is 8. The number of benzene rings is 2. The van der Waals surface area contributed by atoms with Crippen LogP contribution in [0, 0.1) is 13.8 Å². The Labute approximate surface area is 214 Å². The fraction of sp³-hybridized carbons (Fsp3) is 0.185. The highest BCUT2D eigenvalue weighted by molar-refractivity contribution is 7.92. The molecule has 0 aliphatic carbocycles. The molecule has 0 saturated carbocycles. The summed E-state index contributed by atoms with van der Waals surface area (Å²) in [6, 6.07) is 17.3. The minimum atomic E-state index is -4.09. The first kappa shape index (κ1) is 23.1. The molecule has 0 unspecified atom stereocenters. The van der Waals surface area contributed by atoms with Crippen LogP contribution in [0.5, 0.6) is 5.88 Å². The number of aromatic nitrogens is 3. The highest BCUT2D eigenvalue weighted by Crippen LogP contribution is 2.34. The lowest BCUT2D eigenvalue weighted by atomic mass is 10.00. The topological polar surface area (TPSA) is 114 Å². The average molecular weight is 514 g/mol. The third-order valence-corrected chi connectivity index (χ3v) is 7.91. The molecule has 9 nitrogen and oxygen atoms in total. The minimum absolute atomic E-state index is 0.0585. The van der Waals surface area contributed by atoms with Gasteiger partial charge in [0.15, 0.2) is 6.10 Å². The number of hydrogen-bond donors (Lipinski definition) is 1. The van der Waals surface area contributed by atoms with Gasteiger partial charge in [0.2, 0.25) is 11.8 Å². The molecule has 6 bridgehead atoms. The number of amides is 1. The van der Waals surface area contributed by atoms with Crippen molar-refractivity contribution in [3.05, 3.63) is 94.8 Å². The number of rotatable bonds is 1. The molecular weight excluding hydrogens is 490 g/mol. The SMILES string of the molecule is Cc1cccc(C)c1-c1cc2nc(n1)NS(=O)(=O)c1cccc(c1)C(=O)N1Cc3cccnc3[C@@H](C1)O2. The molecule has 1 amide bonds. The molecule has 186 valence electrons. The predicted octanol–water partition coefficient (Wildman–Crippen LogP) is 4.05. The molecule has 0 fully saturated rings. The Morgan fingerprint density at radius 1 is 1.00 bits per heavy atom. The van der Waals surface area contributed by atoms with Gasteiger partial charge in [-0.15, -0.1) is 0 Å². The Morgan fingerprint density at radius 2 is 1.78 bits per heavy atom. The summed E-state index contributed by atoms with van der Waals surface area (Å²) in [4.78, 5) is 28.5. The van der Waals surface area contributed by atoms with Gasteiger partial charge in [-0.1, -0.05) is 30.3 Å². The highest BCUT2D eigenvalue weighted by atomic mass is 32.2. The van der Waals surface area contributed by atoms with Crippen LogP contribution in [-0.2, 0) is 16.6 Å². The summed E-state index contributed by atoms with van der Waals surface area (Å²) in [6.07, 6.45) is 1.08. The summed E-state index contributed by atoms with van der Waals surface area (Å²) in [5.41, 5.74) is 5.16. The zero-order valence-electron chi connectivity index (χ0n) is 20.2. The molecule has 1 atom stereocenters. The van der Waals surface area contributed by atoms with Crippen molar-refractivity contribution >= 4 is 21.9 Å². The summed E-state index contributed by atoms with van der Waals surface area (Å²) < 4.78 is 35.4. The molecule has 0 saturated heterocycles. The van der Waals surface area contributed by atoms with Gasteiger partial charge in [0.1, 0.15) is 0 Å². The van der Waals surface area contributed by atoms with Crippen LogP contribution in [0.25, 0.3) is 11.3 Å². The quantitative estimate of drug-likeness (QED) is 0.408. The first-order chi connectivity index (χ1) is 17.8. The molecule has 4 heterocycles. The van der Waals surface area contributed by atoms with Crippen molar-refractivity contribution in [2.75, 3.05) is 11.3 Å². The molecule has 0 radical (unpaired) electrons. The summed E-state index contributed by atoms with van der Waals surface area (Å²) in [7, 11) is -4.09. The van der Waals surface area contributed by atoms with E-state index in [0.29, 0.717) is 17.9 Å². The summed E-state index contributed by atoms with van der Waals surface area (Å²) >= 11 is 0. The van der Waals surface area contributed by atoms with Gasteiger partial charge >= 0.3 is 0 Å². The Balaban J connectivity index is 1.57. The van der Waals surface area contributed by atoms with Crippen LogP contribution in [0.15, 0.2) is 71.8 Å². The van der Waals surface area contributed by atoms with Gasteiger partial charge in [0, 0.05) is 29.9 Å². The van der Waals surface area contributed by atoms with Crippen molar-refractivity contribution in [2.24, 2.45) is 0 Å². The second kappa shape index (κ2) is 8.67. The lowest BCUT2D eigenvalue weighted by Crippen LogP contribution is -2.40. The number of pyridine rings is 1. The van der Waals surface area contributed by atoms with Crippen LogP contribution in [0.4, 0.5) is 5.95 Å². The van der Waals surface area contributed by atoms with E-state index in [1.54, 1.807) is 29.3 Å². The fourth-order valence-corrected chi connectivity index (χ4v) is 5.85. The van der Waals surface area contributed by atoms with Crippen molar-refractivity contribution in [3.8, 4) is 17.1 Å². The number of hydrogen-bond acceptors (Lipinski definition) is 7. The Bertz CT molecular complexity index is 1650. The molecule has 6 rings (SSSR count). The van der Waals surface area contributed by atoms with Crippen LogP contribution >= 0.6 is 0 Å². The van der Waals surface area contributed by atoms with Crippen molar-refractivity contribution < 1.29 is 17.9 Å². The van der Waals surface area contributed by atoms with E-state index < -0.39 is 16.1 Å². The van der Waals surface area contributed by atoms with Crippen molar-refractivity contribution in [2.45, 2.75) is 31.4 Å². The van der Waals surface area contributed by atoms with E-state index in [4.69, 9.17) is 4.74 Å². The molecule has 4 aromatic rings. The van der Waals surface area contributed by atoms with Gasteiger partial charge in [0.25, 0.3) is 15.9 Å². The third kappa shape index (κ3) is 4.19. The number of nitrogens with zero attached hydrogens (tertiary/aromatic N) is 4. The molecule has 2 aliphatic heterocycles. The molecule has 2 aliphatic rings. The minimum Gasteiger partial charge on any atom is -0.466 e. The number of carbonyl (C=O) groups excluding carboxylic acids is 1. The van der Waals surface area contributed by atoms with E-state index in [0.717, 1.165) is 22.3 Å². The maximum Gasteiger partial charge on any atom is 0.264 e. The number of nitrogens with one attached hydrogen (secondary N) is 1. The number of aryl methyl sites for hydroxylation is 2. The number of ether oxygens (including phenoxy) is 1. The van der Waals surface area contributed by atoms with Gasteiger partial charge in [-0.05, 0) is 54.8 Å². The Hall–Kier alpha value is -4.31. The van der Waals surface area contributed by atoms with E-state index in [2.05, 4.69) is 19.7 Å². The van der Waals surface area contributed by atoms with Gasteiger partial charge in [-0.25, -0.2) is 18.1 Å². The van der Waals surface area contributed by atoms with Gasteiger partial charge < -0.3 is 9.64 Å². The number of sulfonamides is 1. The lowest BCUT2D eigenvalue weighted by Gasteiger charge is -2.33. The van der Waals surface area contributed by atoms with Crippen molar-refractivity contribution in [3.63, 3.8) is 0 Å². The van der Waals surface area contributed by atoms with E-state index in [1.165, 1.54) is 12.1 Å². The second-order valence-corrected chi connectivity index (χ2v) is 10.8. The molecule has 37 heavy (non-hydrogen) atoms. The number of anilines is 1. The van der Waals surface area contributed by atoms with Gasteiger partial charge in [0.05, 0.1) is 22.8 Å². The summed E-state index contributed by atoms with van der Waals surface area (Å²) in [6.45, 7) is 4.49. The van der Waals surface area contributed by atoms with Crippen LogP contribution < -0.4 is 9.46 Å². The maximum atomic E-state index is 13.5. The summed E-state index contributed by atoms with van der Waals surface area (Å²) in [5.74, 6) is -0.249. The Kier molecular flexibility index (Phi) is 5.41. The predicted molar refractivity (Wildman–Crippen MR) is 137 cm³/mol. The number of carbonyl (C=O) groups is 1. The van der Waals surface area contributed by atoms with Crippen LogP contribution in [0.1, 0.15) is 38.8 Å². The van der Waals surface area contributed by atoms with E-state index >= 15 is 0 Å². The molecule has 1 N–H and O–H groups in total. The zero-order chi connectivity index (χ0) is 25.7. The second-order valence-electron chi connectivity index (χ2n) is 9.16. The van der Waals surface area contributed by atoms with Crippen LogP contribution in [-0.4, -0.2) is 40.7 Å². The van der Waals surface area contributed by atoms with Gasteiger partial charge in [-0.2, -0.15) is 4.98 Å². The van der Waals surface area contributed by atoms with E-state index in [-0.39, 0.29) is 34.7 Å². The first-order valence-electron chi connectivity index (χ1n) is 11.8. The molecule has 0 spiro atoms. The summed E-state index contributed by atoms with van der Waals surface area (Å²) in [5, 5.41) is 0. The van der Waals surface area contributed by atoms with Gasteiger partial charge in [-0.3, -0.25) is 9.78 Å². The third-order valence-electron chi connectivity index (χ3n) is 6.59. The standard InChI is InChI=1S/C27H23N5O4S/c1-16-6-3-7-17(2)24(16)21-13-23-30-27(29-21)31-37(34,35)20-10-4-8-18(12-20)26(33)32-14-19-9-5-11-28-25(19)22(15-32)36-23/h3-13,22H,14-15H2,1-2H3,(H,29,30,31)/t22-/m1/s1. The molecule has 2 aromatic carbocycles. The smallest absolute Gasteiger partial charge is 0.264 e. The molecule has 10 heteroatoms. The van der Waals surface area contributed by atoms with Crippen LogP contribution in [0.2, 0.25) is 0 Å².